The number of fused-ring (bicyclic) bond motifs is 1. The van der Waals surface area contributed by atoms with Crippen molar-refractivity contribution in [3.8, 4) is 0 Å². The number of aromatic nitrogens is 2. The molecule has 9 heteroatoms. The normalized spacial score (nSPS) is 17.2. The SMILES string of the molecule is Cc1nc2c(N3CCC[C@H]3CNC(=O)OC(C)(C)C)c([N+](=O)[O-])ccc2n1C. The fourth-order valence-corrected chi connectivity index (χ4v) is 3.64. The van der Waals surface area contributed by atoms with E-state index < -0.39 is 11.7 Å². The molecule has 1 fully saturated rings. The number of nitrogens with one attached hydrogen (secondary N) is 1. The van der Waals surface area contributed by atoms with E-state index in [-0.39, 0.29) is 16.7 Å². The number of nitrogens with zero attached hydrogens (tertiary/aromatic N) is 4. The Labute approximate surface area is 163 Å². The maximum Gasteiger partial charge on any atom is 0.407 e. The summed E-state index contributed by atoms with van der Waals surface area (Å²) in [5, 5.41) is 14.5. The van der Waals surface area contributed by atoms with Gasteiger partial charge in [-0.05, 0) is 46.6 Å². The van der Waals surface area contributed by atoms with E-state index in [9.17, 15) is 14.9 Å². The largest absolute Gasteiger partial charge is 0.444 e. The van der Waals surface area contributed by atoms with Gasteiger partial charge in [0.1, 0.15) is 22.6 Å². The number of nitro benzene ring substituents is 1. The molecule has 0 radical (unpaired) electrons. The van der Waals surface area contributed by atoms with Gasteiger partial charge in [-0.1, -0.05) is 0 Å². The van der Waals surface area contributed by atoms with Crippen molar-refractivity contribution in [3.63, 3.8) is 0 Å². The first-order chi connectivity index (χ1) is 13.1. The van der Waals surface area contributed by atoms with Gasteiger partial charge in [-0.2, -0.15) is 0 Å². The molecule has 28 heavy (non-hydrogen) atoms. The van der Waals surface area contributed by atoms with Crippen LogP contribution in [0.15, 0.2) is 12.1 Å². The summed E-state index contributed by atoms with van der Waals surface area (Å²) in [6, 6.07) is 3.22. The number of rotatable bonds is 4. The van der Waals surface area contributed by atoms with E-state index in [0.717, 1.165) is 24.2 Å². The quantitative estimate of drug-likeness (QED) is 0.636. The zero-order valence-corrected chi connectivity index (χ0v) is 17.0. The molecule has 1 aliphatic rings. The van der Waals surface area contributed by atoms with Gasteiger partial charge in [0.25, 0.3) is 5.69 Å². The van der Waals surface area contributed by atoms with Crippen molar-refractivity contribution in [2.45, 2.75) is 52.2 Å². The summed E-state index contributed by atoms with van der Waals surface area (Å²) in [5.74, 6) is 0.791. The number of benzene rings is 1. The number of alkyl carbamates (subject to hydrolysis) is 1. The van der Waals surface area contributed by atoms with Gasteiger partial charge >= 0.3 is 6.09 Å². The molecular formula is C19H27N5O4. The van der Waals surface area contributed by atoms with Crippen LogP contribution in [0.25, 0.3) is 11.0 Å². The molecule has 1 saturated heterocycles. The summed E-state index contributed by atoms with van der Waals surface area (Å²) in [4.78, 5) is 29.9. The molecule has 152 valence electrons. The van der Waals surface area contributed by atoms with Crippen LogP contribution < -0.4 is 10.2 Å². The summed E-state index contributed by atoms with van der Waals surface area (Å²) >= 11 is 0. The van der Waals surface area contributed by atoms with Crippen molar-refractivity contribution >= 4 is 28.5 Å². The molecule has 9 nitrogen and oxygen atoms in total. The number of anilines is 1. The molecular weight excluding hydrogens is 362 g/mol. The monoisotopic (exact) mass is 389 g/mol. The molecule has 1 aromatic carbocycles. The molecule has 0 bridgehead atoms. The second-order valence-corrected chi connectivity index (χ2v) is 8.15. The molecule has 0 saturated carbocycles. The molecule has 2 heterocycles. The molecule has 2 aromatic rings. The van der Waals surface area contributed by atoms with Crippen molar-refractivity contribution in [3.05, 3.63) is 28.1 Å². The first kappa shape index (κ1) is 19.9. The number of hydrogen-bond donors (Lipinski definition) is 1. The second kappa shape index (κ2) is 7.29. The summed E-state index contributed by atoms with van der Waals surface area (Å²) in [5.41, 5.74) is 1.46. The van der Waals surface area contributed by atoms with Crippen LogP contribution in [0.2, 0.25) is 0 Å². The third-order valence-electron chi connectivity index (χ3n) is 4.97. The molecule has 1 aromatic heterocycles. The molecule has 0 aliphatic carbocycles. The number of aryl methyl sites for hydroxylation is 2. The van der Waals surface area contributed by atoms with Crippen molar-refractivity contribution in [1.82, 2.24) is 14.9 Å². The smallest absolute Gasteiger partial charge is 0.407 e. The Kier molecular flexibility index (Phi) is 5.18. The Morgan fingerprint density at radius 1 is 1.43 bits per heavy atom. The summed E-state index contributed by atoms with van der Waals surface area (Å²) in [7, 11) is 1.89. The van der Waals surface area contributed by atoms with E-state index in [1.165, 1.54) is 6.07 Å². The Morgan fingerprint density at radius 3 is 2.79 bits per heavy atom. The van der Waals surface area contributed by atoms with Crippen LogP contribution in [0.3, 0.4) is 0 Å². The van der Waals surface area contributed by atoms with E-state index in [0.29, 0.717) is 24.3 Å². The van der Waals surface area contributed by atoms with Gasteiger partial charge in [0.05, 0.1) is 10.4 Å². The molecule has 1 aliphatic heterocycles. The highest BCUT2D eigenvalue weighted by Crippen LogP contribution is 2.39. The second-order valence-electron chi connectivity index (χ2n) is 8.15. The van der Waals surface area contributed by atoms with E-state index in [1.54, 1.807) is 6.07 Å². The molecule has 1 atom stereocenters. The van der Waals surface area contributed by atoms with Crippen molar-refractivity contribution < 1.29 is 14.5 Å². The molecule has 3 rings (SSSR count). The lowest BCUT2D eigenvalue weighted by Gasteiger charge is -2.27. The van der Waals surface area contributed by atoms with E-state index in [2.05, 4.69) is 10.3 Å². The fraction of sp³-hybridized carbons (Fsp3) is 0.579. The first-order valence-electron chi connectivity index (χ1n) is 9.42. The average molecular weight is 389 g/mol. The maximum atomic E-state index is 12.0. The highest BCUT2D eigenvalue weighted by Gasteiger charge is 2.33. The Bertz CT molecular complexity index is 915. The fourth-order valence-electron chi connectivity index (χ4n) is 3.64. The van der Waals surface area contributed by atoms with Gasteiger partial charge in [0, 0.05) is 32.2 Å². The van der Waals surface area contributed by atoms with Crippen LogP contribution in [-0.4, -0.2) is 45.3 Å². The van der Waals surface area contributed by atoms with Crippen LogP contribution >= 0.6 is 0 Å². The Hall–Kier alpha value is -2.84. The first-order valence-corrected chi connectivity index (χ1v) is 9.42. The highest BCUT2D eigenvalue weighted by atomic mass is 16.6. The minimum absolute atomic E-state index is 0.0368. The zero-order valence-electron chi connectivity index (χ0n) is 17.0. The number of carbonyl (C=O) groups excluding carboxylic acids is 1. The van der Waals surface area contributed by atoms with Crippen LogP contribution in [-0.2, 0) is 11.8 Å². The maximum absolute atomic E-state index is 12.0. The Morgan fingerprint density at radius 2 is 2.14 bits per heavy atom. The summed E-state index contributed by atoms with van der Waals surface area (Å²) < 4.78 is 7.22. The van der Waals surface area contributed by atoms with Gasteiger partial charge < -0.3 is 19.5 Å². The van der Waals surface area contributed by atoms with E-state index >= 15 is 0 Å². The predicted octanol–water partition coefficient (Wildman–Crippen LogP) is 3.28. The average Bonchev–Trinajstić information content (AvgIpc) is 3.15. The number of nitro groups is 1. The van der Waals surface area contributed by atoms with Gasteiger partial charge in [0.15, 0.2) is 0 Å². The topological polar surface area (TPSA) is 103 Å². The van der Waals surface area contributed by atoms with Crippen molar-refractivity contribution in [2.24, 2.45) is 7.05 Å². The van der Waals surface area contributed by atoms with Crippen LogP contribution in [0.4, 0.5) is 16.2 Å². The van der Waals surface area contributed by atoms with Crippen LogP contribution in [0.1, 0.15) is 39.4 Å². The lowest BCUT2D eigenvalue weighted by Crippen LogP contribution is -2.42. The number of imidazole rings is 1. The number of amides is 1. The van der Waals surface area contributed by atoms with Crippen molar-refractivity contribution in [1.29, 1.82) is 0 Å². The predicted molar refractivity (Wildman–Crippen MR) is 107 cm³/mol. The standard InChI is InChI=1S/C19H27N5O4/c1-12-21-16-14(22(12)5)8-9-15(24(26)27)17(16)23-10-6-7-13(23)11-20-18(25)28-19(2,3)4/h8-9,13H,6-7,10-11H2,1-5H3,(H,20,25)/t13-/m0/s1. The van der Waals surface area contributed by atoms with Gasteiger partial charge in [-0.25, -0.2) is 9.78 Å². The van der Waals surface area contributed by atoms with Crippen LogP contribution in [0, 0.1) is 17.0 Å². The highest BCUT2D eigenvalue weighted by molar-refractivity contribution is 5.95. The minimum Gasteiger partial charge on any atom is -0.444 e. The number of carbonyl (C=O) groups is 1. The number of hydrogen-bond acceptors (Lipinski definition) is 6. The van der Waals surface area contributed by atoms with E-state index in [1.807, 2.05) is 44.2 Å². The third kappa shape index (κ3) is 3.88. The van der Waals surface area contributed by atoms with Gasteiger partial charge in [-0.3, -0.25) is 10.1 Å². The minimum atomic E-state index is -0.574. The summed E-state index contributed by atoms with van der Waals surface area (Å²) in [6.45, 7) is 8.33. The number of ether oxygens (including phenoxy) is 1. The molecule has 1 N–H and O–H groups in total. The Balaban J connectivity index is 1.92. The van der Waals surface area contributed by atoms with E-state index in [4.69, 9.17) is 4.74 Å². The lowest BCUT2D eigenvalue weighted by molar-refractivity contribution is -0.384. The zero-order chi connectivity index (χ0) is 20.6. The lowest BCUT2D eigenvalue weighted by atomic mass is 10.1. The van der Waals surface area contributed by atoms with Crippen LogP contribution in [0.5, 0.6) is 0 Å². The van der Waals surface area contributed by atoms with Crippen molar-refractivity contribution in [2.75, 3.05) is 18.0 Å². The van der Waals surface area contributed by atoms with Gasteiger partial charge in [0.2, 0.25) is 0 Å². The molecule has 1 amide bonds. The van der Waals surface area contributed by atoms with Gasteiger partial charge in [-0.15, -0.1) is 0 Å². The molecule has 0 spiro atoms. The molecule has 0 unspecified atom stereocenters. The third-order valence-corrected chi connectivity index (χ3v) is 4.97. The summed E-state index contributed by atoms with van der Waals surface area (Å²) in [6.07, 6.45) is 1.23.